The van der Waals surface area contributed by atoms with E-state index in [2.05, 4.69) is 25.5 Å². The topological polar surface area (TPSA) is 110 Å². The van der Waals surface area contributed by atoms with Crippen LogP contribution in [-0.2, 0) is 4.79 Å². The Kier molecular flexibility index (Phi) is 6.04. The number of amides is 1. The van der Waals surface area contributed by atoms with E-state index in [4.69, 9.17) is 0 Å². The van der Waals surface area contributed by atoms with Crippen molar-refractivity contribution >= 4 is 22.8 Å². The summed E-state index contributed by atoms with van der Waals surface area (Å²) in [5.41, 5.74) is 2.64. The van der Waals surface area contributed by atoms with Crippen LogP contribution >= 0.6 is 0 Å². The maximum Gasteiger partial charge on any atom is 0.263 e. The number of hydrogen-bond donors (Lipinski definition) is 2. The van der Waals surface area contributed by atoms with Crippen molar-refractivity contribution in [2.45, 2.75) is 12.8 Å². The second kappa shape index (κ2) is 9.82. The summed E-state index contributed by atoms with van der Waals surface area (Å²) in [6, 6.07) is 26.4. The fraction of sp³-hybridized carbons (Fsp3) is 0.0690. The molecule has 1 amide bonds. The fourth-order valence-corrected chi connectivity index (χ4v) is 4.51. The monoisotopic (exact) mass is 519 g/mol. The first kappa shape index (κ1) is 24.0. The largest absolute Gasteiger partial charge is 0.310 e. The van der Waals surface area contributed by atoms with E-state index in [0.717, 1.165) is 11.1 Å². The van der Waals surface area contributed by atoms with Crippen molar-refractivity contribution < 1.29 is 9.18 Å². The summed E-state index contributed by atoms with van der Waals surface area (Å²) in [6.45, 7) is 1.78. The number of nitrogens with zero attached hydrogens (tertiary/aromatic N) is 5. The smallest absolute Gasteiger partial charge is 0.263 e. The zero-order valence-corrected chi connectivity index (χ0v) is 20.7. The van der Waals surface area contributed by atoms with E-state index < -0.39 is 17.3 Å². The van der Waals surface area contributed by atoms with Gasteiger partial charge in [-0.2, -0.15) is 19.9 Å². The van der Waals surface area contributed by atoms with Gasteiger partial charge in [-0.25, -0.2) is 9.07 Å². The molecule has 0 radical (unpaired) electrons. The van der Waals surface area contributed by atoms with Gasteiger partial charge in [0.05, 0.1) is 23.5 Å². The minimum atomic E-state index is -0.578. The summed E-state index contributed by atoms with van der Waals surface area (Å²) in [7, 11) is 0. The zero-order chi connectivity index (χ0) is 26.9. The van der Waals surface area contributed by atoms with Gasteiger partial charge in [-0.1, -0.05) is 60.7 Å². The Balaban J connectivity index is 1.41. The SMILES string of the molecule is Cc1cc(NC(=O)C(c2ccccc2)c2ccccc2)n(-c2nc3c(cnn3-c3ccc(F)cc3)c(=O)[nH]2)n1. The Morgan fingerprint density at radius 2 is 1.56 bits per heavy atom. The van der Waals surface area contributed by atoms with Crippen molar-refractivity contribution in [3.05, 3.63) is 130 Å². The molecule has 3 heterocycles. The molecule has 0 spiro atoms. The lowest BCUT2D eigenvalue weighted by atomic mass is 9.90. The number of aromatic amines is 1. The van der Waals surface area contributed by atoms with Gasteiger partial charge in [0, 0.05) is 6.07 Å². The number of H-pyrrole nitrogens is 1. The number of nitrogens with one attached hydrogen (secondary N) is 2. The molecule has 6 rings (SSSR count). The van der Waals surface area contributed by atoms with Crippen LogP contribution in [0, 0.1) is 12.7 Å². The van der Waals surface area contributed by atoms with Crippen LogP contribution in [0.2, 0.25) is 0 Å². The molecule has 6 aromatic rings. The summed E-state index contributed by atoms with van der Waals surface area (Å²) in [5.74, 6) is -0.808. The maximum atomic E-state index is 13.7. The zero-order valence-electron chi connectivity index (χ0n) is 20.7. The number of hydrogen-bond acceptors (Lipinski definition) is 5. The van der Waals surface area contributed by atoms with Gasteiger partial charge in [-0.15, -0.1) is 0 Å². The molecule has 39 heavy (non-hydrogen) atoms. The lowest BCUT2D eigenvalue weighted by Crippen LogP contribution is -2.24. The van der Waals surface area contributed by atoms with Gasteiger partial charge in [0.1, 0.15) is 17.0 Å². The van der Waals surface area contributed by atoms with E-state index in [0.29, 0.717) is 17.2 Å². The molecule has 2 N–H and O–H groups in total. The third-order valence-electron chi connectivity index (χ3n) is 6.31. The number of benzene rings is 3. The average Bonchev–Trinajstić information content (AvgIpc) is 3.54. The highest BCUT2D eigenvalue weighted by Gasteiger charge is 2.25. The number of carbonyl (C=O) groups excluding carboxylic acids is 1. The number of anilines is 1. The van der Waals surface area contributed by atoms with Gasteiger partial charge in [-0.05, 0) is 42.3 Å². The number of halogens is 1. The van der Waals surface area contributed by atoms with E-state index in [1.165, 1.54) is 27.7 Å². The van der Waals surface area contributed by atoms with Crippen molar-refractivity contribution in [2.24, 2.45) is 0 Å². The van der Waals surface area contributed by atoms with E-state index >= 15 is 0 Å². The molecule has 10 heteroatoms. The normalized spacial score (nSPS) is 11.3. The van der Waals surface area contributed by atoms with Crippen LogP contribution in [0.1, 0.15) is 22.7 Å². The first-order valence-corrected chi connectivity index (χ1v) is 12.2. The van der Waals surface area contributed by atoms with Crippen molar-refractivity contribution in [1.82, 2.24) is 29.5 Å². The van der Waals surface area contributed by atoms with E-state index in [9.17, 15) is 14.0 Å². The van der Waals surface area contributed by atoms with Gasteiger partial charge in [-0.3, -0.25) is 14.6 Å². The quantitative estimate of drug-likeness (QED) is 0.336. The molecule has 0 bridgehead atoms. The van der Waals surface area contributed by atoms with Gasteiger partial charge in [0.15, 0.2) is 5.65 Å². The molecule has 192 valence electrons. The predicted octanol–water partition coefficient (Wildman–Crippen LogP) is 4.51. The van der Waals surface area contributed by atoms with Crippen LogP contribution in [0.3, 0.4) is 0 Å². The third-order valence-corrected chi connectivity index (χ3v) is 6.31. The molecule has 0 saturated carbocycles. The third kappa shape index (κ3) is 4.59. The minimum Gasteiger partial charge on any atom is -0.310 e. The lowest BCUT2D eigenvalue weighted by Gasteiger charge is -2.18. The van der Waals surface area contributed by atoms with Crippen LogP contribution < -0.4 is 10.9 Å². The van der Waals surface area contributed by atoms with E-state index in [-0.39, 0.29) is 22.9 Å². The molecule has 0 fully saturated rings. The van der Waals surface area contributed by atoms with Crippen molar-refractivity contribution in [2.75, 3.05) is 5.32 Å². The maximum absolute atomic E-state index is 13.7. The van der Waals surface area contributed by atoms with E-state index in [1.54, 1.807) is 25.1 Å². The highest BCUT2D eigenvalue weighted by atomic mass is 19.1. The Morgan fingerprint density at radius 3 is 2.21 bits per heavy atom. The Morgan fingerprint density at radius 1 is 0.923 bits per heavy atom. The molecule has 0 aliphatic rings. The summed E-state index contributed by atoms with van der Waals surface area (Å²) >= 11 is 0. The van der Waals surface area contributed by atoms with Crippen LogP contribution in [0.5, 0.6) is 0 Å². The summed E-state index contributed by atoms with van der Waals surface area (Å²) in [5, 5.41) is 12.0. The summed E-state index contributed by atoms with van der Waals surface area (Å²) < 4.78 is 16.3. The van der Waals surface area contributed by atoms with Crippen LogP contribution in [0.15, 0.2) is 102 Å². The second-order valence-electron chi connectivity index (χ2n) is 8.99. The average molecular weight is 520 g/mol. The first-order valence-electron chi connectivity index (χ1n) is 12.2. The predicted molar refractivity (Wildman–Crippen MR) is 145 cm³/mol. The summed E-state index contributed by atoms with van der Waals surface area (Å²) in [6.07, 6.45) is 1.40. The molecule has 3 aromatic heterocycles. The molecule has 0 atom stereocenters. The standard InChI is InChI=1S/C29H22FN7O2/c1-18-16-24(32-28(39)25(19-8-4-2-5-9-19)20-10-6-3-7-11-20)37(35-18)29-33-26-23(27(38)34-29)17-31-36(26)22-14-12-21(30)13-15-22/h2-17,25H,1H3,(H,32,39)(H,33,34,38). The van der Waals surface area contributed by atoms with Gasteiger partial charge in [0.2, 0.25) is 11.9 Å². The second-order valence-corrected chi connectivity index (χ2v) is 8.99. The van der Waals surface area contributed by atoms with Crippen molar-refractivity contribution in [1.29, 1.82) is 0 Å². The molecular weight excluding hydrogens is 497 g/mol. The number of aryl methyl sites for hydroxylation is 1. The van der Waals surface area contributed by atoms with Crippen LogP contribution in [-0.4, -0.2) is 35.4 Å². The minimum absolute atomic E-state index is 0.0933. The van der Waals surface area contributed by atoms with Crippen LogP contribution in [0.4, 0.5) is 10.2 Å². The van der Waals surface area contributed by atoms with Gasteiger partial charge >= 0.3 is 0 Å². The van der Waals surface area contributed by atoms with Crippen molar-refractivity contribution in [3.8, 4) is 11.6 Å². The highest BCUT2D eigenvalue weighted by Crippen LogP contribution is 2.27. The van der Waals surface area contributed by atoms with Gasteiger partial charge < -0.3 is 5.32 Å². The molecule has 9 nitrogen and oxygen atoms in total. The Hall–Kier alpha value is -5.38. The summed E-state index contributed by atoms with van der Waals surface area (Å²) in [4.78, 5) is 34.0. The van der Waals surface area contributed by atoms with Crippen LogP contribution in [0.25, 0.3) is 22.7 Å². The lowest BCUT2D eigenvalue weighted by molar-refractivity contribution is -0.116. The molecule has 3 aromatic carbocycles. The fourth-order valence-electron chi connectivity index (χ4n) is 4.51. The number of carbonyl (C=O) groups is 1. The Labute approximate surface area is 221 Å². The Bertz CT molecular complexity index is 1800. The first-order chi connectivity index (χ1) is 19.0. The van der Waals surface area contributed by atoms with Crippen molar-refractivity contribution in [3.63, 3.8) is 0 Å². The number of rotatable bonds is 6. The highest BCUT2D eigenvalue weighted by molar-refractivity contribution is 5.97. The molecule has 0 unspecified atom stereocenters. The molecular formula is C29H22FN7O2. The van der Waals surface area contributed by atoms with Gasteiger partial charge in [0.25, 0.3) is 5.56 Å². The molecule has 0 saturated heterocycles. The molecule has 0 aliphatic carbocycles. The number of aromatic nitrogens is 6. The number of fused-ring (bicyclic) bond motifs is 1. The molecule has 0 aliphatic heterocycles. The van der Waals surface area contributed by atoms with E-state index in [1.807, 2.05) is 60.7 Å².